The number of benzene rings is 1. The van der Waals surface area contributed by atoms with E-state index in [-0.39, 0.29) is 11.9 Å². The molecule has 2 rings (SSSR count). The van der Waals surface area contributed by atoms with Crippen molar-refractivity contribution < 1.29 is 14.3 Å². The predicted molar refractivity (Wildman–Crippen MR) is 62.7 cm³/mol. The first-order valence-electron chi connectivity index (χ1n) is 5.49. The molecule has 2 atom stereocenters. The Kier molecular flexibility index (Phi) is 3.64. The molecule has 1 aromatic rings. The molecule has 17 heavy (non-hydrogen) atoms. The van der Waals surface area contributed by atoms with Crippen molar-refractivity contribution in [2.45, 2.75) is 31.3 Å². The molecular weight excluding hydrogens is 245 g/mol. The minimum Gasteiger partial charge on any atom is -0.480 e. The number of nitrogens with one attached hydrogen (secondary N) is 1. The van der Waals surface area contributed by atoms with Gasteiger partial charge in [0.15, 0.2) is 0 Å². The van der Waals surface area contributed by atoms with Crippen LogP contribution in [-0.4, -0.2) is 23.2 Å². The summed E-state index contributed by atoms with van der Waals surface area (Å²) >= 11 is 5.92. The summed E-state index contributed by atoms with van der Waals surface area (Å²) < 4.78 is 13.5. The summed E-state index contributed by atoms with van der Waals surface area (Å²) in [6, 6.07) is 4.02. The predicted octanol–water partition coefficient (Wildman–Crippen LogP) is 2.23. The Bertz CT molecular complexity index is 418. The molecule has 0 amide bonds. The highest BCUT2D eigenvalue weighted by atomic mass is 35.5. The van der Waals surface area contributed by atoms with Crippen molar-refractivity contribution in [3.63, 3.8) is 0 Å². The van der Waals surface area contributed by atoms with E-state index >= 15 is 0 Å². The lowest BCUT2D eigenvalue weighted by Gasteiger charge is -2.13. The molecule has 1 fully saturated rings. The Hall–Kier alpha value is -1.13. The van der Waals surface area contributed by atoms with Crippen molar-refractivity contribution in [1.82, 2.24) is 5.32 Å². The quantitative estimate of drug-likeness (QED) is 0.873. The molecule has 3 nitrogen and oxygen atoms in total. The molecule has 0 bridgehead atoms. The maximum atomic E-state index is 13.5. The summed E-state index contributed by atoms with van der Waals surface area (Å²) in [5.41, 5.74) is 0.456. The molecular formula is C12H13ClFNO2. The fourth-order valence-electron chi connectivity index (χ4n) is 2.15. The van der Waals surface area contributed by atoms with Crippen LogP contribution in [-0.2, 0) is 11.2 Å². The Morgan fingerprint density at radius 2 is 2.29 bits per heavy atom. The average molecular weight is 258 g/mol. The number of hydrogen-bond acceptors (Lipinski definition) is 2. The fraction of sp³-hybridized carbons (Fsp3) is 0.417. The molecule has 5 heteroatoms. The number of carbonyl (C=O) groups is 1. The molecule has 0 spiro atoms. The number of carboxylic acids is 1. The standard InChI is InChI=1S/C12H13ClFNO2/c13-9-2-1-3-10(14)8(9)6-7-4-5-11(15-7)12(16)17/h1-3,7,11,15H,4-6H2,(H,16,17). The van der Waals surface area contributed by atoms with E-state index in [9.17, 15) is 9.18 Å². The first-order chi connectivity index (χ1) is 8.08. The maximum Gasteiger partial charge on any atom is 0.320 e. The van der Waals surface area contributed by atoms with Crippen LogP contribution in [0, 0.1) is 5.82 Å². The van der Waals surface area contributed by atoms with Crippen molar-refractivity contribution in [3.05, 3.63) is 34.6 Å². The van der Waals surface area contributed by atoms with E-state index in [4.69, 9.17) is 16.7 Å². The van der Waals surface area contributed by atoms with Gasteiger partial charge in [-0.25, -0.2) is 4.39 Å². The summed E-state index contributed by atoms with van der Waals surface area (Å²) in [7, 11) is 0. The van der Waals surface area contributed by atoms with E-state index in [1.54, 1.807) is 12.1 Å². The lowest BCUT2D eigenvalue weighted by molar-refractivity contribution is -0.139. The average Bonchev–Trinajstić information content (AvgIpc) is 2.72. The molecule has 2 N–H and O–H groups in total. The molecule has 1 saturated heterocycles. The highest BCUT2D eigenvalue weighted by molar-refractivity contribution is 6.31. The van der Waals surface area contributed by atoms with E-state index in [0.29, 0.717) is 23.4 Å². The van der Waals surface area contributed by atoms with Crippen LogP contribution >= 0.6 is 11.6 Å². The number of rotatable bonds is 3. The highest BCUT2D eigenvalue weighted by Crippen LogP contribution is 2.24. The molecule has 92 valence electrons. The van der Waals surface area contributed by atoms with E-state index in [1.807, 2.05) is 0 Å². The third-order valence-corrected chi connectivity index (χ3v) is 3.41. The van der Waals surface area contributed by atoms with E-state index in [2.05, 4.69) is 5.32 Å². The van der Waals surface area contributed by atoms with Gasteiger partial charge in [0.2, 0.25) is 0 Å². The van der Waals surface area contributed by atoms with Crippen LogP contribution in [0.15, 0.2) is 18.2 Å². The second kappa shape index (κ2) is 5.02. The van der Waals surface area contributed by atoms with E-state index in [1.165, 1.54) is 6.07 Å². The second-order valence-electron chi connectivity index (χ2n) is 4.24. The third kappa shape index (κ3) is 2.76. The molecule has 2 unspecified atom stereocenters. The molecule has 0 aliphatic carbocycles. The first-order valence-corrected chi connectivity index (χ1v) is 5.87. The van der Waals surface area contributed by atoms with Gasteiger partial charge in [-0.3, -0.25) is 4.79 Å². The number of carboxylic acid groups (broad SMARTS) is 1. The SMILES string of the molecule is O=C(O)C1CCC(Cc2c(F)cccc2Cl)N1. The zero-order valence-electron chi connectivity index (χ0n) is 9.12. The molecule has 1 heterocycles. The Morgan fingerprint density at radius 1 is 1.53 bits per heavy atom. The summed E-state index contributed by atoms with van der Waals surface area (Å²) in [6.07, 6.45) is 1.73. The van der Waals surface area contributed by atoms with Crippen LogP contribution in [0.5, 0.6) is 0 Å². The minimum absolute atomic E-state index is 0.0227. The van der Waals surface area contributed by atoms with Gasteiger partial charge in [-0.1, -0.05) is 17.7 Å². The van der Waals surface area contributed by atoms with Crippen LogP contribution in [0.2, 0.25) is 5.02 Å². The van der Waals surface area contributed by atoms with Crippen molar-refractivity contribution in [1.29, 1.82) is 0 Å². The van der Waals surface area contributed by atoms with Gasteiger partial charge in [0, 0.05) is 16.6 Å². The largest absolute Gasteiger partial charge is 0.480 e. The molecule has 1 aliphatic rings. The topological polar surface area (TPSA) is 49.3 Å². The first kappa shape index (κ1) is 12.3. The highest BCUT2D eigenvalue weighted by Gasteiger charge is 2.29. The van der Waals surface area contributed by atoms with Crippen LogP contribution in [0.3, 0.4) is 0 Å². The van der Waals surface area contributed by atoms with E-state index in [0.717, 1.165) is 6.42 Å². The lowest BCUT2D eigenvalue weighted by Crippen LogP contribution is -2.36. The fourth-order valence-corrected chi connectivity index (χ4v) is 2.39. The Balaban J connectivity index is 2.05. The molecule has 0 saturated carbocycles. The van der Waals surface area contributed by atoms with Gasteiger partial charge in [-0.05, 0) is 31.4 Å². The minimum atomic E-state index is -0.855. The van der Waals surface area contributed by atoms with Gasteiger partial charge >= 0.3 is 5.97 Å². The number of hydrogen-bond donors (Lipinski definition) is 2. The van der Waals surface area contributed by atoms with Gasteiger partial charge in [-0.15, -0.1) is 0 Å². The van der Waals surface area contributed by atoms with Gasteiger partial charge in [0.05, 0.1) is 0 Å². The van der Waals surface area contributed by atoms with Gasteiger partial charge < -0.3 is 10.4 Å². The van der Waals surface area contributed by atoms with Crippen molar-refractivity contribution in [2.24, 2.45) is 0 Å². The normalized spacial score (nSPS) is 23.9. The van der Waals surface area contributed by atoms with Crippen molar-refractivity contribution in [3.8, 4) is 0 Å². The van der Waals surface area contributed by atoms with Crippen LogP contribution in [0.4, 0.5) is 4.39 Å². The number of aliphatic carboxylic acids is 1. The smallest absolute Gasteiger partial charge is 0.320 e. The monoisotopic (exact) mass is 257 g/mol. The van der Waals surface area contributed by atoms with Crippen molar-refractivity contribution >= 4 is 17.6 Å². The Morgan fingerprint density at radius 3 is 2.88 bits per heavy atom. The summed E-state index contributed by atoms with van der Waals surface area (Å²) in [4.78, 5) is 10.8. The van der Waals surface area contributed by atoms with Gasteiger partial charge in [0.25, 0.3) is 0 Å². The van der Waals surface area contributed by atoms with Gasteiger partial charge in [0.1, 0.15) is 11.9 Å². The molecule has 0 aromatic heterocycles. The maximum absolute atomic E-state index is 13.5. The van der Waals surface area contributed by atoms with E-state index < -0.39 is 12.0 Å². The molecule has 1 aliphatic heterocycles. The second-order valence-corrected chi connectivity index (χ2v) is 4.64. The number of halogens is 2. The zero-order chi connectivity index (χ0) is 12.4. The van der Waals surface area contributed by atoms with Crippen molar-refractivity contribution in [2.75, 3.05) is 0 Å². The summed E-state index contributed by atoms with van der Waals surface area (Å²) in [5.74, 6) is -1.19. The molecule has 1 aromatic carbocycles. The van der Waals surface area contributed by atoms with Crippen LogP contribution in [0.1, 0.15) is 18.4 Å². The zero-order valence-corrected chi connectivity index (χ0v) is 9.88. The van der Waals surface area contributed by atoms with Crippen LogP contribution < -0.4 is 5.32 Å². The van der Waals surface area contributed by atoms with Gasteiger partial charge in [-0.2, -0.15) is 0 Å². The summed E-state index contributed by atoms with van der Waals surface area (Å²) in [5, 5.41) is 12.2. The molecule has 0 radical (unpaired) electrons. The lowest BCUT2D eigenvalue weighted by atomic mass is 10.0. The third-order valence-electron chi connectivity index (χ3n) is 3.05. The van der Waals surface area contributed by atoms with Crippen LogP contribution in [0.25, 0.3) is 0 Å². The summed E-state index contributed by atoms with van der Waals surface area (Å²) in [6.45, 7) is 0. The Labute approximate surface area is 104 Å².